The Morgan fingerprint density at radius 2 is 0.934 bits per heavy atom. The Hall–Kier alpha value is -4.61. The van der Waals surface area contributed by atoms with Gasteiger partial charge in [0, 0.05) is 0 Å². The van der Waals surface area contributed by atoms with Crippen LogP contribution in [0.5, 0.6) is 0 Å². The molecule has 0 spiro atoms. The van der Waals surface area contributed by atoms with Crippen LogP contribution < -0.4 is 10.6 Å². The average Bonchev–Trinajstić information content (AvgIpc) is 3.44. The smallest absolute Gasteiger partial charge is 0.168 e. The molecule has 10 atom stereocenters. The number of rotatable bonds is 19. The molecule has 0 aromatic heterocycles. The summed E-state index contributed by atoms with van der Waals surface area (Å²) in [4.78, 5) is 0. The van der Waals surface area contributed by atoms with E-state index < -0.39 is 67.2 Å². The first-order chi connectivity index (χ1) is 29.8. The minimum atomic E-state index is -2.14. The molecule has 0 unspecified atom stereocenters. The number of ether oxygens (including phenoxy) is 6. The van der Waals surface area contributed by atoms with E-state index in [-0.39, 0.29) is 38.1 Å². The molecule has 1 aliphatic carbocycles. The van der Waals surface area contributed by atoms with E-state index in [4.69, 9.17) is 40.6 Å². The summed E-state index contributed by atoms with van der Waals surface area (Å²) in [5.74, 6) is 0. The van der Waals surface area contributed by atoms with Gasteiger partial charge >= 0.3 is 0 Å². The van der Waals surface area contributed by atoms with E-state index in [0.717, 1.165) is 27.8 Å². The van der Waals surface area contributed by atoms with Crippen molar-refractivity contribution in [1.82, 2.24) is 10.6 Å². The highest BCUT2D eigenvalue weighted by Gasteiger charge is 2.60. The first kappa shape index (κ1) is 44.4. The molecule has 1 heterocycles. The van der Waals surface area contributed by atoms with E-state index in [1.807, 2.05) is 152 Å². The van der Waals surface area contributed by atoms with Crippen LogP contribution in [0.4, 0.5) is 0 Å². The molecule has 322 valence electrons. The molecule has 12 nitrogen and oxygen atoms in total. The molecule has 13 heteroatoms. The predicted octanol–water partition coefficient (Wildman–Crippen LogP) is 4.56. The molecule has 0 radical (unpaired) electrons. The second-order valence-electron chi connectivity index (χ2n) is 15.4. The van der Waals surface area contributed by atoms with Crippen LogP contribution in [0.3, 0.4) is 0 Å². The van der Waals surface area contributed by atoms with Gasteiger partial charge in [-0.05, 0) is 40.0 Å². The molecule has 0 bridgehead atoms. The Labute approximate surface area is 362 Å². The van der Waals surface area contributed by atoms with Crippen molar-refractivity contribution in [3.05, 3.63) is 179 Å². The molecule has 1 saturated carbocycles. The highest BCUT2D eigenvalue weighted by atomic mass is 32.1. The lowest BCUT2D eigenvalue weighted by Gasteiger charge is -2.46. The van der Waals surface area contributed by atoms with E-state index in [1.54, 1.807) is 0 Å². The number of aliphatic hydroxyl groups is 4. The lowest BCUT2D eigenvalue weighted by molar-refractivity contribution is -0.275. The van der Waals surface area contributed by atoms with Crippen molar-refractivity contribution < 1.29 is 48.8 Å². The zero-order valence-electron chi connectivity index (χ0n) is 33.7. The molecule has 2 aliphatic rings. The van der Waals surface area contributed by atoms with Crippen molar-refractivity contribution in [2.45, 2.75) is 93.6 Å². The predicted molar refractivity (Wildman–Crippen MR) is 232 cm³/mol. The minimum absolute atomic E-state index is 0.0560. The summed E-state index contributed by atoms with van der Waals surface area (Å²) in [5.41, 5.74) is 2.51. The third-order valence-corrected chi connectivity index (χ3v) is 11.2. The fraction of sp³-hybridized carbons (Fsp3) is 0.354. The van der Waals surface area contributed by atoms with Gasteiger partial charge in [-0.3, -0.25) is 0 Å². The number of aliphatic hydroxyl groups excluding tert-OH is 3. The van der Waals surface area contributed by atoms with Gasteiger partial charge in [0.05, 0.1) is 52.3 Å². The van der Waals surface area contributed by atoms with Crippen LogP contribution in [0.2, 0.25) is 0 Å². The third-order valence-electron chi connectivity index (χ3n) is 11.0. The SMILES string of the molecule is O[C@@H]1[C@H](O)[C@H](O)[C@](O)(COCc2ccccc2)[C@@H]1NC(=S)N[C@H]1O[C@H](COCc2ccccc2)[C@@H](OCc2ccccc2)[C@H](OCc2ccccc2)[C@H]1OCc1ccccc1. The standard InChI is InChI=1S/C48H54N2O10S/c51-39-40(52)45(53)48(54,32-56-27-34-18-8-2-9-19-34)44(39)49-47(61)50-46-43(59-30-37-24-14-5-15-25-37)42(58-29-36-22-12-4-13-23-36)41(57-28-35-20-10-3-11-21-35)38(60-46)31-55-26-33-16-6-1-7-17-33/h1-25,38-46,51-54H,26-32H2,(H2,49,50,61)/t38-,39-,40+,41-,42+,43-,44-,45+,46+,48+/m1/s1. The summed E-state index contributed by atoms with van der Waals surface area (Å²) in [6, 6.07) is 47.1. The molecular formula is C48H54N2O10S. The van der Waals surface area contributed by atoms with Crippen LogP contribution >= 0.6 is 12.2 Å². The van der Waals surface area contributed by atoms with Gasteiger partial charge in [0.15, 0.2) is 11.3 Å². The fourth-order valence-electron chi connectivity index (χ4n) is 7.67. The lowest BCUT2D eigenvalue weighted by Crippen LogP contribution is -2.67. The van der Waals surface area contributed by atoms with Crippen molar-refractivity contribution in [2.75, 3.05) is 13.2 Å². The Kier molecular flexibility index (Phi) is 16.0. The van der Waals surface area contributed by atoms with Crippen molar-refractivity contribution >= 4 is 17.3 Å². The number of benzene rings is 5. The molecule has 1 saturated heterocycles. The average molecular weight is 851 g/mol. The van der Waals surface area contributed by atoms with Crippen LogP contribution in [0.25, 0.3) is 0 Å². The second kappa shape index (κ2) is 22.0. The first-order valence-electron chi connectivity index (χ1n) is 20.5. The van der Waals surface area contributed by atoms with E-state index in [1.165, 1.54) is 0 Å². The number of nitrogens with one attached hydrogen (secondary N) is 2. The van der Waals surface area contributed by atoms with E-state index in [2.05, 4.69) is 10.6 Å². The van der Waals surface area contributed by atoms with Crippen LogP contribution in [0, 0.1) is 0 Å². The topological polar surface area (TPSA) is 160 Å². The molecular weight excluding hydrogens is 797 g/mol. The molecule has 61 heavy (non-hydrogen) atoms. The van der Waals surface area contributed by atoms with Crippen molar-refractivity contribution in [2.24, 2.45) is 0 Å². The summed E-state index contributed by atoms with van der Waals surface area (Å²) in [7, 11) is 0. The zero-order valence-corrected chi connectivity index (χ0v) is 34.5. The third kappa shape index (κ3) is 11.9. The van der Waals surface area contributed by atoms with E-state index in [0.29, 0.717) is 6.61 Å². The van der Waals surface area contributed by atoms with Gasteiger partial charge in [-0.15, -0.1) is 0 Å². The molecule has 7 rings (SSSR count). The summed E-state index contributed by atoms with van der Waals surface area (Å²) in [6.45, 7) is 0.820. The van der Waals surface area contributed by atoms with Gasteiger partial charge in [-0.25, -0.2) is 0 Å². The Balaban J connectivity index is 1.16. The van der Waals surface area contributed by atoms with Crippen molar-refractivity contribution in [3.63, 3.8) is 0 Å². The Bertz CT molecular complexity index is 2040. The van der Waals surface area contributed by atoms with Gasteiger partial charge in [-0.1, -0.05) is 152 Å². The van der Waals surface area contributed by atoms with Gasteiger partial charge in [0.25, 0.3) is 0 Å². The Morgan fingerprint density at radius 3 is 1.41 bits per heavy atom. The highest BCUT2D eigenvalue weighted by Crippen LogP contribution is 2.34. The zero-order chi connectivity index (χ0) is 42.4. The minimum Gasteiger partial charge on any atom is -0.388 e. The lowest BCUT2D eigenvalue weighted by atomic mass is 9.95. The van der Waals surface area contributed by atoms with Crippen LogP contribution in [0.1, 0.15) is 27.8 Å². The maximum atomic E-state index is 11.8. The van der Waals surface area contributed by atoms with Crippen LogP contribution in [-0.2, 0) is 61.5 Å². The quantitative estimate of drug-likeness (QED) is 0.0643. The largest absolute Gasteiger partial charge is 0.388 e. The Morgan fingerprint density at radius 1 is 0.525 bits per heavy atom. The maximum absolute atomic E-state index is 11.8. The maximum Gasteiger partial charge on any atom is 0.168 e. The number of thiocarbonyl (C=S) groups is 1. The van der Waals surface area contributed by atoms with Crippen molar-refractivity contribution in [1.29, 1.82) is 0 Å². The van der Waals surface area contributed by atoms with Crippen molar-refractivity contribution in [3.8, 4) is 0 Å². The summed E-state index contributed by atoms with van der Waals surface area (Å²) >= 11 is 5.85. The fourth-order valence-corrected chi connectivity index (χ4v) is 7.91. The normalized spacial score (nSPS) is 27.4. The molecule has 0 amide bonds. The summed E-state index contributed by atoms with van der Waals surface area (Å²) < 4.78 is 39.3. The molecule has 5 aromatic carbocycles. The van der Waals surface area contributed by atoms with Gasteiger partial charge < -0.3 is 59.5 Å². The summed E-state index contributed by atoms with van der Waals surface area (Å²) in [5, 5.41) is 50.9. The van der Waals surface area contributed by atoms with E-state index in [9.17, 15) is 20.4 Å². The first-order valence-corrected chi connectivity index (χ1v) is 20.9. The second-order valence-corrected chi connectivity index (χ2v) is 15.8. The molecule has 2 fully saturated rings. The van der Waals surface area contributed by atoms with Crippen LogP contribution in [-0.4, -0.2) is 99.4 Å². The highest BCUT2D eigenvalue weighted by molar-refractivity contribution is 7.80. The molecule has 6 N–H and O–H groups in total. The molecule has 5 aromatic rings. The number of hydrogen-bond acceptors (Lipinski definition) is 11. The van der Waals surface area contributed by atoms with Crippen LogP contribution in [0.15, 0.2) is 152 Å². The van der Waals surface area contributed by atoms with E-state index >= 15 is 0 Å². The summed E-state index contributed by atoms with van der Waals surface area (Å²) in [6.07, 6.45) is -9.08. The molecule has 1 aliphatic heterocycles. The monoisotopic (exact) mass is 850 g/mol. The van der Waals surface area contributed by atoms with Gasteiger partial charge in [0.1, 0.15) is 48.3 Å². The van der Waals surface area contributed by atoms with Gasteiger partial charge in [0.2, 0.25) is 0 Å². The van der Waals surface area contributed by atoms with Gasteiger partial charge in [-0.2, -0.15) is 0 Å². The number of hydrogen-bond donors (Lipinski definition) is 6.